The van der Waals surface area contributed by atoms with Gasteiger partial charge in [0.2, 0.25) is 0 Å². The van der Waals surface area contributed by atoms with E-state index in [-0.39, 0.29) is 10.6 Å². The fourth-order valence-corrected chi connectivity index (χ4v) is 4.51. The molecule has 1 N–H and O–H groups in total. The molecular weight excluding hydrogens is 494 g/mol. The summed E-state index contributed by atoms with van der Waals surface area (Å²) < 4.78 is 37.4. The van der Waals surface area contributed by atoms with E-state index < -0.39 is 28.4 Å². The first kappa shape index (κ1) is 25.7. The smallest absolute Gasteiger partial charge is 0.337 e. The van der Waals surface area contributed by atoms with Crippen LogP contribution in [0.25, 0.3) is 0 Å². The molecule has 0 aliphatic rings. The lowest BCUT2D eigenvalue weighted by Crippen LogP contribution is -2.39. The molecule has 0 unspecified atom stereocenters. The van der Waals surface area contributed by atoms with Crippen molar-refractivity contribution in [2.75, 3.05) is 25.1 Å². The first-order valence-corrected chi connectivity index (χ1v) is 12.0. The number of nitrogens with zero attached hydrogens (tertiary/aromatic N) is 2. The highest BCUT2D eigenvalue weighted by Gasteiger charge is 2.27. The number of anilines is 1. The molecule has 0 saturated carbocycles. The van der Waals surface area contributed by atoms with Crippen LogP contribution in [-0.2, 0) is 19.6 Å². The number of halogens is 1. The minimum atomic E-state index is -4.10. The van der Waals surface area contributed by atoms with E-state index in [0.29, 0.717) is 21.9 Å². The molecular formula is C24H22ClN3O6S. The van der Waals surface area contributed by atoms with Crippen LogP contribution in [0.5, 0.6) is 5.75 Å². The van der Waals surface area contributed by atoms with E-state index in [9.17, 15) is 18.0 Å². The summed E-state index contributed by atoms with van der Waals surface area (Å²) in [5.41, 5.74) is 3.55. The van der Waals surface area contributed by atoms with Gasteiger partial charge in [0.15, 0.2) is 0 Å². The number of benzene rings is 3. The Labute approximate surface area is 208 Å². The van der Waals surface area contributed by atoms with Gasteiger partial charge in [-0.3, -0.25) is 9.10 Å². The van der Waals surface area contributed by atoms with Crippen molar-refractivity contribution >= 4 is 45.4 Å². The Bertz CT molecular complexity index is 1310. The van der Waals surface area contributed by atoms with Gasteiger partial charge >= 0.3 is 5.97 Å². The van der Waals surface area contributed by atoms with Crippen LogP contribution in [0.1, 0.15) is 15.9 Å². The Hall–Kier alpha value is -3.89. The van der Waals surface area contributed by atoms with Crippen LogP contribution in [0.2, 0.25) is 5.02 Å². The van der Waals surface area contributed by atoms with Crippen LogP contribution in [0.3, 0.4) is 0 Å². The van der Waals surface area contributed by atoms with Crippen LogP contribution >= 0.6 is 11.6 Å². The van der Waals surface area contributed by atoms with Crippen molar-refractivity contribution in [1.82, 2.24) is 5.43 Å². The highest BCUT2D eigenvalue weighted by molar-refractivity contribution is 7.92. The van der Waals surface area contributed by atoms with Gasteiger partial charge in [0, 0.05) is 5.02 Å². The number of hydrazone groups is 1. The summed E-state index contributed by atoms with van der Waals surface area (Å²) in [4.78, 5) is 24.1. The average Bonchev–Trinajstić information content (AvgIpc) is 2.88. The average molecular weight is 516 g/mol. The molecule has 3 aromatic rings. The number of sulfonamides is 1. The van der Waals surface area contributed by atoms with Crippen LogP contribution in [-0.4, -0.2) is 47.3 Å². The van der Waals surface area contributed by atoms with E-state index in [1.807, 2.05) is 0 Å². The van der Waals surface area contributed by atoms with Crippen molar-refractivity contribution in [2.24, 2.45) is 5.10 Å². The maximum Gasteiger partial charge on any atom is 0.337 e. The molecule has 9 nitrogen and oxygen atoms in total. The number of rotatable bonds is 9. The Kier molecular flexibility index (Phi) is 8.45. The fraction of sp³-hybridized carbons (Fsp3) is 0.125. The highest BCUT2D eigenvalue weighted by Crippen LogP contribution is 2.26. The number of nitrogens with one attached hydrogen (secondary N) is 1. The van der Waals surface area contributed by atoms with Crippen molar-refractivity contribution < 1.29 is 27.5 Å². The van der Waals surface area contributed by atoms with E-state index in [4.69, 9.17) is 16.3 Å². The third-order valence-electron chi connectivity index (χ3n) is 4.78. The van der Waals surface area contributed by atoms with E-state index in [1.165, 1.54) is 69.0 Å². The van der Waals surface area contributed by atoms with Gasteiger partial charge in [-0.2, -0.15) is 5.10 Å². The second-order valence-electron chi connectivity index (χ2n) is 7.07. The molecule has 0 heterocycles. The number of amides is 1. The van der Waals surface area contributed by atoms with Gasteiger partial charge in [0.25, 0.3) is 15.9 Å². The predicted molar refractivity (Wildman–Crippen MR) is 132 cm³/mol. The minimum absolute atomic E-state index is 0.0183. The zero-order valence-electron chi connectivity index (χ0n) is 18.8. The third-order valence-corrected chi connectivity index (χ3v) is 6.82. The number of methoxy groups -OCH3 is 2. The topological polar surface area (TPSA) is 114 Å². The summed E-state index contributed by atoms with van der Waals surface area (Å²) >= 11 is 5.94. The summed E-state index contributed by atoms with van der Waals surface area (Å²) in [6.07, 6.45) is 1.36. The summed E-state index contributed by atoms with van der Waals surface area (Å²) in [6.45, 7) is -0.533. The van der Waals surface area contributed by atoms with Gasteiger partial charge in [0.05, 0.1) is 36.6 Å². The largest absolute Gasteiger partial charge is 0.497 e. The molecule has 0 aromatic heterocycles. The molecule has 0 bridgehead atoms. The molecule has 0 radical (unpaired) electrons. The van der Waals surface area contributed by atoms with Crippen molar-refractivity contribution in [2.45, 2.75) is 4.90 Å². The Morgan fingerprint density at radius 3 is 2.17 bits per heavy atom. The highest BCUT2D eigenvalue weighted by atomic mass is 35.5. The maximum atomic E-state index is 13.4. The summed E-state index contributed by atoms with van der Waals surface area (Å²) in [5.74, 6) is -0.643. The molecule has 0 spiro atoms. The molecule has 1 amide bonds. The monoisotopic (exact) mass is 515 g/mol. The lowest BCUT2D eigenvalue weighted by molar-refractivity contribution is -0.119. The van der Waals surface area contributed by atoms with Crippen LogP contribution < -0.4 is 14.5 Å². The number of carbonyl (C=O) groups excluding carboxylic acids is 2. The zero-order valence-corrected chi connectivity index (χ0v) is 20.4. The molecule has 3 aromatic carbocycles. The van der Waals surface area contributed by atoms with E-state index in [1.54, 1.807) is 24.3 Å². The van der Waals surface area contributed by atoms with Gasteiger partial charge in [-0.25, -0.2) is 18.6 Å². The Morgan fingerprint density at radius 1 is 0.971 bits per heavy atom. The minimum Gasteiger partial charge on any atom is -0.497 e. The lowest BCUT2D eigenvalue weighted by Gasteiger charge is -2.23. The molecule has 182 valence electrons. The van der Waals surface area contributed by atoms with Crippen LogP contribution in [0.15, 0.2) is 82.8 Å². The van der Waals surface area contributed by atoms with Crippen molar-refractivity contribution in [3.05, 3.63) is 88.9 Å². The van der Waals surface area contributed by atoms with Gasteiger partial charge in [-0.15, -0.1) is 0 Å². The SMILES string of the molecule is COC(=O)c1ccc(/C=N/NC(=O)CN(c2ccc(Cl)cc2)S(=O)(=O)c2ccc(OC)cc2)cc1. The van der Waals surface area contributed by atoms with Gasteiger partial charge in [-0.1, -0.05) is 23.7 Å². The number of esters is 1. The first-order valence-electron chi connectivity index (χ1n) is 10.2. The molecule has 11 heteroatoms. The first-order chi connectivity index (χ1) is 16.7. The van der Waals surface area contributed by atoms with Crippen molar-refractivity contribution in [1.29, 1.82) is 0 Å². The molecule has 35 heavy (non-hydrogen) atoms. The molecule has 3 rings (SSSR count). The number of hydrogen-bond donors (Lipinski definition) is 1. The zero-order chi connectivity index (χ0) is 25.4. The second-order valence-corrected chi connectivity index (χ2v) is 9.37. The summed E-state index contributed by atoms with van der Waals surface area (Å²) in [7, 11) is -1.34. The Morgan fingerprint density at radius 2 is 1.60 bits per heavy atom. The summed E-state index contributed by atoms with van der Waals surface area (Å²) in [5, 5.41) is 4.29. The van der Waals surface area contributed by atoms with Crippen LogP contribution in [0, 0.1) is 0 Å². The molecule has 0 aliphatic heterocycles. The van der Waals surface area contributed by atoms with Crippen LogP contribution in [0.4, 0.5) is 5.69 Å². The van der Waals surface area contributed by atoms with Gasteiger partial charge in [0.1, 0.15) is 12.3 Å². The Balaban J connectivity index is 1.78. The number of carbonyl (C=O) groups is 2. The lowest BCUT2D eigenvalue weighted by atomic mass is 10.1. The third kappa shape index (κ3) is 6.58. The quantitative estimate of drug-likeness (QED) is 0.265. The van der Waals surface area contributed by atoms with Gasteiger partial charge in [-0.05, 0) is 66.2 Å². The second kappa shape index (κ2) is 11.5. The van der Waals surface area contributed by atoms with Crippen molar-refractivity contribution in [3.63, 3.8) is 0 Å². The number of ether oxygens (including phenoxy) is 2. The molecule has 0 fully saturated rings. The van der Waals surface area contributed by atoms with E-state index in [2.05, 4.69) is 15.3 Å². The fourth-order valence-electron chi connectivity index (χ4n) is 2.97. The number of hydrogen-bond acceptors (Lipinski definition) is 7. The molecule has 0 atom stereocenters. The van der Waals surface area contributed by atoms with Crippen molar-refractivity contribution in [3.8, 4) is 5.75 Å². The molecule has 0 aliphatic carbocycles. The maximum absolute atomic E-state index is 13.4. The van der Waals surface area contributed by atoms with E-state index in [0.717, 1.165) is 4.31 Å². The molecule has 0 saturated heterocycles. The predicted octanol–water partition coefficient (Wildman–Crippen LogP) is 3.48. The standard InChI is InChI=1S/C24H22ClN3O6S/c1-33-21-11-13-22(14-12-21)35(31,32)28(20-9-7-19(25)8-10-20)16-23(29)27-26-15-17-3-5-18(6-4-17)24(30)34-2/h3-15H,16H2,1-2H3,(H,27,29)/b26-15+. The van der Waals surface area contributed by atoms with E-state index >= 15 is 0 Å². The normalized spacial score (nSPS) is 11.2. The van der Waals surface area contributed by atoms with Gasteiger partial charge < -0.3 is 9.47 Å². The summed E-state index contributed by atoms with van der Waals surface area (Å²) in [6, 6.07) is 18.2.